The topological polar surface area (TPSA) is 115 Å². The summed E-state index contributed by atoms with van der Waals surface area (Å²) in [7, 11) is -3.81. The molecule has 0 saturated carbocycles. The highest BCUT2D eigenvalue weighted by atomic mass is 32.2. The molecule has 1 aromatic heterocycles. The number of hydrogen-bond acceptors (Lipinski definition) is 6. The van der Waals surface area contributed by atoms with Crippen LogP contribution in [0, 0.1) is 10.1 Å². The Morgan fingerprint density at radius 3 is 2.35 bits per heavy atom. The van der Waals surface area contributed by atoms with Crippen LogP contribution in [0.5, 0.6) is 0 Å². The van der Waals surface area contributed by atoms with Crippen molar-refractivity contribution >= 4 is 15.7 Å². The molecule has 0 aliphatic rings. The Morgan fingerprint density at radius 1 is 1.00 bits per heavy atom. The van der Waals surface area contributed by atoms with E-state index >= 15 is 0 Å². The molecule has 1 N–H and O–H groups in total. The van der Waals surface area contributed by atoms with Crippen LogP contribution in [0.1, 0.15) is 5.69 Å². The number of nitrogens with zero attached hydrogens (tertiary/aromatic N) is 3. The molecule has 3 rings (SSSR count). The van der Waals surface area contributed by atoms with Gasteiger partial charge in [0, 0.05) is 17.7 Å². The van der Waals surface area contributed by atoms with E-state index < -0.39 is 14.9 Å². The minimum Gasteiger partial charge on any atom is -0.258 e. The van der Waals surface area contributed by atoms with Crippen LogP contribution < -0.4 is 4.72 Å². The molecule has 0 bridgehead atoms. The van der Waals surface area contributed by atoms with Crippen molar-refractivity contribution < 1.29 is 13.3 Å². The maximum atomic E-state index is 12.3. The Bertz CT molecular complexity index is 1020. The third-order valence-corrected chi connectivity index (χ3v) is 5.01. The monoisotopic (exact) mass is 370 g/mol. The van der Waals surface area contributed by atoms with E-state index in [-0.39, 0.29) is 17.1 Å². The third kappa shape index (κ3) is 4.08. The van der Waals surface area contributed by atoms with E-state index in [2.05, 4.69) is 14.7 Å². The lowest BCUT2D eigenvalue weighted by Crippen LogP contribution is -2.23. The van der Waals surface area contributed by atoms with Gasteiger partial charge in [-0.25, -0.2) is 23.1 Å². The van der Waals surface area contributed by atoms with Crippen LogP contribution in [-0.2, 0) is 16.6 Å². The quantitative estimate of drug-likeness (QED) is 0.527. The maximum Gasteiger partial charge on any atom is 0.269 e. The van der Waals surface area contributed by atoms with Crippen molar-refractivity contribution in [2.75, 3.05) is 0 Å². The van der Waals surface area contributed by atoms with Gasteiger partial charge < -0.3 is 0 Å². The number of rotatable bonds is 6. The first kappa shape index (κ1) is 17.6. The Hall–Kier alpha value is -3.17. The SMILES string of the molecule is O=[N+]([O-])c1ccc(S(=O)(=O)NCc2cc(-c3ccccc3)ncn2)cc1. The summed E-state index contributed by atoms with van der Waals surface area (Å²) >= 11 is 0. The van der Waals surface area contributed by atoms with Gasteiger partial charge in [-0.05, 0) is 18.2 Å². The van der Waals surface area contributed by atoms with Crippen molar-refractivity contribution in [1.29, 1.82) is 0 Å². The summed E-state index contributed by atoms with van der Waals surface area (Å²) in [6, 6.07) is 15.8. The lowest BCUT2D eigenvalue weighted by Gasteiger charge is -2.07. The van der Waals surface area contributed by atoms with E-state index in [4.69, 9.17) is 0 Å². The van der Waals surface area contributed by atoms with Crippen molar-refractivity contribution in [1.82, 2.24) is 14.7 Å². The summed E-state index contributed by atoms with van der Waals surface area (Å²) in [6.07, 6.45) is 1.37. The van der Waals surface area contributed by atoms with Crippen molar-refractivity contribution in [3.63, 3.8) is 0 Å². The number of sulfonamides is 1. The Labute approximate surface area is 149 Å². The number of benzene rings is 2. The van der Waals surface area contributed by atoms with Gasteiger partial charge in [-0.3, -0.25) is 10.1 Å². The van der Waals surface area contributed by atoms with Gasteiger partial charge >= 0.3 is 0 Å². The molecule has 0 amide bonds. The van der Waals surface area contributed by atoms with E-state index in [1.807, 2.05) is 30.3 Å². The molecule has 1 heterocycles. The second kappa shape index (κ2) is 7.38. The molecule has 0 atom stereocenters. The van der Waals surface area contributed by atoms with Crippen LogP contribution in [0.4, 0.5) is 5.69 Å². The number of non-ortho nitro benzene ring substituents is 1. The van der Waals surface area contributed by atoms with Crippen LogP contribution in [0.2, 0.25) is 0 Å². The van der Waals surface area contributed by atoms with Crippen molar-refractivity contribution in [2.45, 2.75) is 11.4 Å². The van der Waals surface area contributed by atoms with Crippen molar-refractivity contribution in [3.05, 3.63) is 82.8 Å². The van der Waals surface area contributed by atoms with E-state index in [0.29, 0.717) is 11.4 Å². The molecule has 0 radical (unpaired) electrons. The maximum absolute atomic E-state index is 12.3. The second-order valence-corrected chi connectivity index (χ2v) is 7.10. The van der Waals surface area contributed by atoms with Gasteiger partial charge in [0.1, 0.15) is 6.33 Å². The normalized spacial score (nSPS) is 11.2. The van der Waals surface area contributed by atoms with E-state index in [1.165, 1.54) is 18.5 Å². The molecule has 26 heavy (non-hydrogen) atoms. The molecule has 8 nitrogen and oxygen atoms in total. The van der Waals surface area contributed by atoms with Gasteiger partial charge in [0.05, 0.1) is 27.8 Å². The van der Waals surface area contributed by atoms with Gasteiger partial charge in [0.15, 0.2) is 0 Å². The first-order valence-corrected chi connectivity index (χ1v) is 9.04. The van der Waals surface area contributed by atoms with Crippen molar-refractivity contribution in [3.8, 4) is 11.3 Å². The smallest absolute Gasteiger partial charge is 0.258 e. The lowest BCUT2D eigenvalue weighted by atomic mass is 10.1. The summed E-state index contributed by atoms with van der Waals surface area (Å²) in [5.41, 5.74) is 1.91. The van der Waals surface area contributed by atoms with Crippen LogP contribution in [0.3, 0.4) is 0 Å². The summed E-state index contributed by atoms with van der Waals surface area (Å²) in [5.74, 6) is 0. The van der Waals surface area contributed by atoms with Crippen LogP contribution in [0.15, 0.2) is 71.9 Å². The average Bonchev–Trinajstić information content (AvgIpc) is 2.67. The highest BCUT2D eigenvalue weighted by Crippen LogP contribution is 2.18. The fourth-order valence-corrected chi connectivity index (χ4v) is 3.26. The van der Waals surface area contributed by atoms with E-state index in [0.717, 1.165) is 17.7 Å². The number of nitro benzene ring substituents is 1. The zero-order valence-corrected chi connectivity index (χ0v) is 14.3. The molecular weight excluding hydrogens is 356 g/mol. The van der Waals surface area contributed by atoms with Crippen molar-refractivity contribution in [2.24, 2.45) is 0 Å². The molecule has 0 aliphatic heterocycles. The summed E-state index contributed by atoms with van der Waals surface area (Å²) in [5, 5.41) is 10.6. The zero-order chi connectivity index (χ0) is 18.6. The highest BCUT2D eigenvalue weighted by Gasteiger charge is 2.16. The van der Waals surface area contributed by atoms with E-state index in [1.54, 1.807) is 6.07 Å². The molecule has 0 saturated heterocycles. The Balaban J connectivity index is 1.75. The highest BCUT2D eigenvalue weighted by molar-refractivity contribution is 7.89. The van der Waals surface area contributed by atoms with Gasteiger partial charge in [-0.2, -0.15) is 0 Å². The Kier molecular flexibility index (Phi) is 5.01. The molecule has 0 fully saturated rings. The van der Waals surface area contributed by atoms with Gasteiger partial charge in [0.2, 0.25) is 10.0 Å². The molecule has 0 aliphatic carbocycles. The minimum atomic E-state index is -3.81. The molecule has 0 spiro atoms. The number of nitro groups is 1. The average molecular weight is 370 g/mol. The molecule has 2 aromatic carbocycles. The lowest BCUT2D eigenvalue weighted by molar-refractivity contribution is -0.384. The van der Waals surface area contributed by atoms with Crippen LogP contribution >= 0.6 is 0 Å². The molecule has 132 valence electrons. The first-order chi connectivity index (χ1) is 12.5. The fourth-order valence-electron chi connectivity index (χ4n) is 2.26. The predicted molar refractivity (Wildman–Crippen MR) is 94.6 cm³/mol. The molecule has 3 aromatic rings. The fraction of sp³-hybridized carbons (Fsp3) is 0.0588. The van der Waals surface area contributed by atoms with E-state index in [9.17, 15) is 18.5 Å². The number of nitrogens with one attached hydrogen (secondary N) is 1. The number of hydrogen-bond donors (Lipinski definition) is 1. The molecule has 9 heteroatoms. The van der Waals surface area contributed by atoms with Gasteiger partial charge in [-0.15, -0.1) is 0 Å². The van der Waals surface area contributed by atoms with Gasteiger partial charge in [0.25, 0.3) is 5.69 Å². The minimum absolute atomic E-state index is 0.0261. The third-order valence-electron chi connectivity index (χ3n) is 3.59. The molecular formula is C17H14N4O4S. The number of aromatic nitrogens is 2. The summed E-state index contributed by atoms with van der Waals surface area (Å²) in [6.45, 7) is -0.0261. The van der Waals surface area contributed by atoms with Crippen LogP contribution in [-0.4, -0.2) is 23.3 Å². The van der Waals surface area contributed by atoms with Crippen LogP contribution in [0.25, 0.3) is 11.3 Å². The standard InChI is InChI=1S/C17H14N4O4S/c22-21(23)15-6-8-16(9-7-15)26(24,25)20-11-14-10-17(19-12-18-14)13-4-2-1-3-5-13/h1-10,12,20H,11H2. The summed E-state index contributed by atoms with van der Waals surface area (Å²) in [4.78, 5) is 18.3. The summed E-state index contributed by atoms with van der Waals surface area (Å²) < 4.78 is 27.1. The first-order valence-electron chi connectivity index (χ1n) is 7.56. The predicted octanol–water partition coefficient (Wildman–Crippen LogP) is 2.53. The molecule has 0 unspecified atom stereocenters. The van der Waals surface area contributed by atoms with Gasteiger partial charge in [-0.1, -0.05) is 30.3 Å². The largest absolute Gasteiger partial charge is 0.269 e. The zero-order valence-electron chi connectivity index (χ0n) is 13.4. The second-order valence-electron chi connectivity index (χ2n) is 5.34. The Morgan fingerprint density at radius 2 is 1.69 bits per heavy atom.